The Bertz CT molecular complexity index is 187. The predicted molar refractivity (Wildman–Crippen MR) is 42.0 cm³/mol. The topological polar surface area (TPSA) is 26.3 Å². The molecule has 0 radical (unpaired) electrons. The largest absolute Gasteiger partial charge is 0.464 e. The van der Waals surface area contributed by atoms with Crippen LogP contribution in [0.3, 0.4) is 0 Å². The monoisotopic (exact) mass is 238 g/mol. The summed E-state index contributed by atoms with van der Waals surface area (Å²) in [7, 11) is 0. The zero-order chi connectivity index (χ0) is 10.6. The van der Waals surface area contributed by atoms with Crippen molar-refractivity contribution in [2.24, 2.45) is 0 Å². The highest BCUT2D eigenvalue weighted by Crippen LogP contribution is 2.35. The first-order valence-electron chi connectivity index (χ1n) is 3.30. The van der Waals surface area contributed by atoms with E-state index in [0.29, 0.717) is 0 Å². The summed E-state index contributed by atoms with van der Waals surface area (Å²) in [5.74, 6) is -1.49. The van der Waals surface area contributed by atoms with Crippen LogP contribution in [0.25, 0.3) is 0 Å². The van der Waals surface area contributed by atoms with Crippen LogP contribution in [0, 0.1) is 0 Å². The predicted octanol–water partition coefficient (Wildman–Crippen LogP) is 2.33. The summed E-state index contributed by atoms with van der Waals surface area (Å²) in [6, 6.07) is 0. The van der Waals surface area contributed by atoms with Crippen LogP contribution in [0.15, 0.2) is 0 Å². The number of halogens is 5. The molecule has 0 aromatic rings. The smallest absolute Gasteiger partial charge is 0.344 e. The Morgan fingerprint density at radius 1 is 1.46 bits per heavy atom. The Kier molecular flexibility index (Phi) is 4.85. The number of hydrogen-bond acceptors (Lipinski definition) is 2. The van der Waals surface area contributed by atoms with Gasteiger partial charge in [0.1, 0.15) is 0 Å². The zero-order valence-electron chi connectivity index (χ0n) is 6.57. The molecule has 0 aliphatic rings. The molecule has 0 aromatic heterocycles. The van der Waals surface area contributed by atoms with Crippen LogP contribution in [0.2, 0.25) is 0 Å². The molecule has 0 saturated carbocycles. The molecule has 0 heterocycles. The molecule has 2 nitrogen and oxygen atoms in total. The molecule has 0 aromatic carbocycles. The number of carbonyl (C=O) groups excluding carboxylic acids is 1. The number of hydrogen-bond donors (Lipinski definition) is 0. The van der Waals surface area contributed by atoms with Crippen molar-refractivity contribution < 1.29 is 22.7 Å². The van der Waals surface area contributed by atoms with E-state index in [1.807, 2.05) is 0 Å². The summed E-state index contributed by atoms with van der Waals surface area (Å²) in [5, 5.41) is 0. The third-order valence-electron chi connectivity index (χ3n) is 1.12. The van der Waals surface area contributed by atoms with Crippen LogP contribution >= 0.6 is 23.2 Å². The number of carbonyl (C=O) groups is 1. The van der Waals surface area contributed by atoms with Gasteiger partial charge in [-0.2, -0.15) is 0 Å². The summed E-state index contributed by atoms with van der Waals surface area (Å²) in [4.78, 5) is 10.6. The third-order valence-corrected chi connectivity index (χ3v) is 1.84. The SMILES string of the molecule is CCOC(=O)C(F)C(Cl)(Cl)C(F)F. The molecule has 1 unspecified atom stereocenters. The molecule has 0 fully saturated rings. The van der Waals surface area contributed by atoms with Crippen LogP contribution in [-0.2, 0) is 9.53 Å². The Morgan fingerprint density at radius 2 is 1.92 bits per heavy atom. The van der Waals surface area contributed by atoms with Crippen molar-refractivity contribution >= 4 is 29.2 Å². The van der Waals surface area contributed by atoms with Crippen LogP contribution in [-0.4, -0.2) is 29.5 Å². The van der Waals surface area contributed by atoms with E-state index in [2.05, 4.69) is 4.74 Å². The molecule has 0 amide bonds. The first-order valence-corrected chi connectivity index (χ1v) is 4.06. The van der Waals surface area contributed by atoms with Gasteiger partial charge in [0.15, 0.2) is 0 Å². The third kappa shape index (κ3) is 3.23. The molecule has 0 saturated heterocycles. The molecular weight excluding hydrogens is 232 g/mol. The summed E-state index contributed by atoms with van der Waals surface area (Å²) in [5.41, 5.74) is 0. The van der Waals surface area contributed by atoms with Gasteiger partial charge in [0.25, 0.3) is 6.43 Å². The van der Waals surface area contributed by atoms with Gasteiger partial charge in [0, 0.05) is 0 Å². The van der Waals surface area contributed by atoms with E-state index in [-0.39, 0.29) is 6.61 Å². The standard InChI is InChI=1S/C6H7Cl2F3O2/c1-2-13-4(12)3(9)6(7,8)5(10)11/h3,5H,2H2,1H3. The fourth-order valence-corrected chi connectivity index (χ4v) is 0.661. The van der Waals surface area contributed by atoms with Gasteiger partial charge in [-0.3, -0.25) is 0 Å². The van der Waals surface area contributed by atoms with E-state index in [9.17, 15) is 18.0 Å². The quantitative estimate of drug-likeness (QED) is 0.555. The van der Waals surface area contributed by atoms with Gasteiger partial charge in [-0.25, -0.2) is 18.0 Å². The minimum absolute atomic E-state index is 0.133. The van der Waals surface area contributed by atoms with Gasteiger partial charge in [-0.05, 0) is 6.92 Å². The molecule has 13 heavy (non-hydrogen) atoms. The maximum Gasteiger partial charge on any atom is 0.344 e. The second-order valence-electron chi connectivity index (χ2n) is 2.09. The number of ether oxygens (including phenoxy) is 1. The van der Waals surface area contributed by atoms with Crippen molar-refractivity contribution in [2.45, 2.75) is 23.9 Å². The van der Waals surface area contributed by atoms with Crippen LogP contribution in [0.4, 0.5) is 13.2 Å². The van der Waals surface area contributed by atoms with Crippen molar-refractivity contribution in [3.8, 4) is 0 Å². The van der Waals surface area contributed by atoms with Gasteiger partial charge in [0.2, 0.25) is 10.5 Å². The van der Waals surface area contributed by atoms with E-state index in [1.165, 1.54) is 6.92 Å². The highest BCUT2D eigenvalue weighted by molar-refractivity contribution is 6.50. The van der Waals surface area contributed by atoms with Crippen molar-refractivity contribution in [1.82, 2.24) is 0 Å². The van der Waals surface area contributed by atoms with Gasteiger partial charge >= 0.3 is 5.97 Å². The van der Waals surface area contributed by atoms with E-state index in [0.717, 1.165) is 0 Å². The lowest BCUT2D eigenvalue weighted by Gasteiger charge is -2.20. The fourth-order valence-electron chi connectivity index (χ4n) is 0.483. The minimum atomic E-state index is -3.37. The van der Waals surface area contributed by atoms with Crippen LogP contribution < -0.4 is 0 Å². The minimum Gasteiger partial charge on any atom is -0.464 e. The first-order chi connectivity index (χ1) is 5.84. The molecule has 0 aliphatic heterocycles. The van der Waals surface area contributed by atoms with Crippen LogP contribution in [0.1, 0.15) is 6.92 Å². The van der Waals surface area contributed by atoms with Gasteiger partial charge < -0.3 is 4.74 Å². The van der Waals surface area contributed by atoms with E-state index < -0.39 is 22.9 Å². The normalized spacial score (nSPS) is 14.4. The fraction of sp³-hybridized carbons (Fsp3) is 0.833. The maximum absolute atomic E-state index is 12.8. The summed E-state index contributed by atoms with van der Waals surface area (Å²) in [6.45, 7) is 1.27. The Balaban J connectivity index is 4.39. The molecule has 0 bridgehead atoms. The molecule has 0 spiro atoms. The molecule has 0 aliphatic carbocycles. The van der Waals surface area contributed by atoms with E-state index in [1.54, 1.807) is 0 Å². The van der Waals surface area contributed by atoms with Crippen molar-refractivity contribution in [3.63, 3.8) is 0 Å². The van der Waals surface area contributed by atoms with Crippen molar-refractivity contribution in [2.75, 3.05) is 6.61 Å². The molecule has 0 rings (SSSR count). The van der Waals surface area contributed by atoms with E-state index >= 15 is 0 Å². The Labute approximate surface area is 82.9 Å². The second-order valence-corrected chi connectivity index (χ2v) is 3.53. The number of esters is 1. The highest BCUT2D eigenvalue weighted by Gasteiger charge is 2.49. The lowest BCUT2D eigenvalue weighted by atomic mass is 10.2. The maximum atomic E-state index is 12.8. The molecular formula is C6H7Cl2F3O2. The van der Waals surface area contributed by atoms with Crippen molar-refractivity contribution in [1.29, 1.82) is 0 Å². The van der Waals surface area contributed by atoms with Crippen LogP contribution in [0.5, 0.6) is 0 Å². The first kappa shape index (κ1) is 12.8. The average Bonchev–Trinajstić information content (AvgIpc) is 2.03. The van der Waals surface area contributed by atoms with Gasteiger partial charge in [-0.1, -0.05) is 23.2 Å². The summed E-state index contributed by atoms with van der Waals surface area (Å²) in [6.07, 6.45) is -6.12. The number of rotatable bonds is 4. The molecule has 1 atom stereocenters. The second kappa shape index (κ2) is 4.91. The number of alkyl halides is 5. The molecule has 7 heteroatoms. The Morgan fingerprint density at radius 3 is 2.23 bits per heavy atom. The average molecular weight is 239 g/mol. The summed E-state index contributed by atoms with van der Waals surface area (Å²) < 4.78 is 37.8. The summed E-state index contributed by atoms with van der Waals surface area (Å²) >= 11 is 9.78. The zero-order valence-corrected chi connectivity index (χ0v) is 8.08. The highest BCUT2D eigenvalue weighted by atomic mass is 35.5. The molecule has 78 valence electrons. The van der Waals surface area contributed by atoms with Gasteiger partial charge in [-0.15, -0.1) is 0 Å². The van der Waals surface area contributed by atoms with Crippen molar-refractivity contribution in [3.05, 3.63) is 0 Å². The Hall–Kier alpha value is -0.160. The lowest BCUT2D eigenvalue weighted by Crippen LogP contribution is -2.41. The van der Waals surface area contributed by atoms with Gasteiger partial charge in [0.05, 0.1) is 6.61 Å². The van der Waals surface area contributed by atoms with E-state index in [4.69, 9.17) is 23.2 Å². The lowest BCUT2D eigenvalue weighted by molar-refractivity contribution is -0.151. The molecule has 0 N–H and O–H groups in total.